The van der Waals surface area contributed by atoms with Crippen molar-refractivity contribution in [3.05, 3.63) is 111 Å². The first-order chi connectivity index (χ1) is 17.7. The number of aryl methyl sites for hydroxylation is 4. The molecule has 0 unspecified atom stereocenters. The number of nitrogens with one attached hydrogen (secondary N) is 1. The third kappa shape index (κ3) is 6.19. The van der Waals surface area contributed by atoms with Crippen LogP contribution in [0, 0.1) is 27.7 Å². The minimum absolute atomic E-state index is 0.0449. The van der Waals surface area contributed by atoms with Crippen molar-refractivity contribution in [3.63, 3.8) is 0 Å². The van der Waals surface area contributed by atoms with Gasteiger partial charge in [-0.2, -0.15) is 0 Å². The maximum Gasteiger partial charge on any atom is 0.267 e. The zero-order valence-corrected chi connectivity index (χ0v) is 22.2. The van der Waals surface area contributed by atoms with Gasteiger partial charge in [-0.25, -0.2) is 9.88 Å². The zero-order chi connectivity index (χ0) is 26.5. The lowest BCUT2D eigenvalue weighted by Crippen LogP contribution is -2.39. The number of anilines is 2. The van der Waals surface area contributed by atoms with Crippen molar-refractivity contribution in [2.75, 3.05) is 10.2 Å². The Morgan fingerprint density at radius 2 is 1.27 bits per heavy atom. The van der Waals surface area contributed by atoms with E-state index < -0.39 is 11.8 Å². The van der Waals surface area contributed by atoms with Gasteiger partial charge in [0.15, 0.2) is 5.13 Å². The van der Waals surface area contributed by atoms with Crippen molar-refractivity contribution >= 4 is 39.9 Å². The van der Waals surface area contributed by atoms with E-state index in [2.05, 4.69) is 10.3 Å². The summed E-state index contributed by atoms with van der Waals surface area (Å²) in [5, 5.41) is 3.19. The van der Waals surface area contributed by atoms with Crippen LogP contribution in [-0.2, 0) is 22.4 Å². The Kier molecular flexibility index (Phi) is 7.94. The minimum atomic E-state index is -0.391. The number of imide groups is 1. The summed E-state index contributed by atoms with van der Waals surface area (Å²) in [6.45, 7) is 7.63. The number of hydrogen-bond acceptors (Lipinski definition) is 5. The van der Waals surface area contributed by atoms with Gasteiger partial charge in [0.1, 0.15) is 4.88 Å². The summed E-state index contributed by atoms with van der Waals surface area (Å²) in [6, 6.07) is 22.6. The first-order valence-electron chi connectivity index (χ1n) is 12.0. The molecule has 1 N–H and O–H groups in total. The molecule has 0 aliphatic carbocycles. The fraction of sp³-hybridized carbons (Fsp3) is 0.200. The van der Waals surface area contributed by atoms with E-state index in [0.29, 0.717) is 10.6 Å². The van der Waals surface area contributed by atoms with Crippen LogP contribution in [0.3, 0.4) is 0 Å². The lowest BCUT2D eigenvalue weighted by atomic mass is 10.1. The Balaban J connectivity index is 1.64. The quantitative estimate of drug-likeness (QED) is 0.331. The van der Waals surface area contributed by atoms with Crippen LogP contribution in [0.5, 0.6) is 0 Å². The number of carbonyl (C=O) groups is 3. The standard InChI is InChI=1S/C30H29N3O3S/c1-19-15-20(2)27(21(3)16-19)32-29(36)28-22(4)31-30(37-28)33(25(34)17-23-11-7-5-8-12-23)26(35)18-24-13-9-6-10-14-24/h5-16H,17-18H2,1-4H3,(H,32,36). The Bertz CT molecular complexity index is 1370. The number of amides is 3. The molecule has 0 fully saturated rings. The predicted octanol–water partition coefficient (Wildman–Crippen LogP) is 5.97. The van der Waals surface area contributed by atoms with Crippen LogP contribution >= 0.6 is 11.3 Å². The summed E-state index contributed by atoms with van der Waals surface area (Å²) in [5.74, 6) is -1.10. The molecule has 7 heteroatoms. The molecule has 0 aliphatic rings. The minimum Gasteiger partial charge on any atom is -0.321 e. The smallest absolute Gasteiger partial charge is 0.267 e. The predicted molar refractivity (Wildman–Crippen MR) is 148 cm³/mol. The van der Waals surface area contributed by atoms with Gasteiger partial charge >= 0.3 is 0 Å². The molecule has 1 heterocycles. The van der Waals surface area contributed by atoms with Crippen LogP contribution in [0.4, 0.5) is 10.8 Å². The molecular weight excluding hydrogens is 482 g/mol. The molecule has 3 amide bonds. The summed E-state index contributed by atoms with van der Waals surface area (Å²) in [4.78, 5) is 46.1. The average molecular weight is 512 g/mol. The Hall–Kier alpha value is -4.10. The van der Waals surface area contributed by atoms with Gasteiger partial charge in [0.2, 0.25) is 11.8 Å². The molecule has 4 aromatic rings. The van der Waals surface area contributed by atoms with E-state index in [1.807, 2.05) is 93.6 Å². The third-order valence-electron chi connectivity index (χ3n) is 5.99. The van der Waals surface area contributed by atoms with Crippen molar-refractivity contribution in [3.8, 4) is 0 Å². The van der Waals surface area contributed by atoms with Gasteiger partial charge < -0.3 is 5.32 Å². The van der Waals surface area contributed by atoms with Gasteiger partial charge in [-0.1, -0.05) is 89.7 Å². The molecule has 1 aromatic heterocycles. The van der Waals surface area contributed by atoms with Crippen molar-refractivity contribution in [1.82, 2.24) is 4.98 Å². The van der Waals surface area contributed by atoms with Crippen molar-refractivity contribution < 1.29 is 14.4 Å². The van der Waals surface area contributed by atoms with Crippen LogP contribution < -0.4 is 10.2 Å². The van der Waals surface area contributed by atoms with E-state index in [0.717, 1.165) is 49.7 Å². The first kappa shape index (κ1) is 26.0. The summed E-state index contributed by atoms with van der Waals surface area (Å²) >= 11 is 1.05. The van der Waals surface area contributed by atoms with E-state index >= 15 is 0 Å². The molecule has 0 saturated carbocycles. The highest BCUT2D eigenvalue weighted by Crippen LogP contribution is 2.30. The van der Waals surface area contributed by atoms with Crippen molar-refractivity contribution in [1.29, 1.82) is 0 Å². The van der Waals surface area contributed by atoms with E-state index in [-0.39, 0.29) is 23.9 Å². The molecular formula is C30H29N3O3S. The zero-order valence-electron chi connectivity index (χ0n) is 21.4. The summed E-state index contributed by atoms with van der Waals surface area (Å²) in [6.07, 6.45) is 0.0898. The lowest BCUT2D eigenvalue weighted by molar-refractivity contribution is -0.125. The van der Waals surface area contributed by atoms with Gasteiger partial charge in [0, 0.05) is 5.69 Å². The Morgan fingerprint density at radius 1 is 0.784 bits per heavy atom. The number of thiazole rings is 1. The molecule has 0 spiro atoms. The first-order valence-corrected chi connectivity index (χ1v) is 12.8. The molecule has 0 radical (unpaired) electrons. The topological polar surface area (TPSA) is 79.4 Å². The fourth-order valence-corrected chi connectivity index (χ4v) is 5.28. The third-order valence-corrected chi connectivity index (χ3v) is 7.13. The molecule has 0 atom stereocenters. The number of carbonyl (C=O) groups excluding carboxylic acids is 3. The van der Waals surface area contributed by atoms with E-state index in [1.165, 1.54) is 0 Å². The van der Waals surface area contributed by atoms with Crippen LogP contribution in [-0.4, -0.2) is 22.7 Å². The highest BCUT2D eigenvalue weighted by Gasteiger charge is 2.29. The van der Waals surface area contributed by atoms with E-state index in [1.54, 1.807) is 6.92 Å². The maximum absolute atomic E-state index is 13.4. The van der Waals surface area contributed by atoms with Gasteiger partial charge in [-0.3, -0.25) is 14.4 Å². The number of hydrogen-bond donors (Lipinski definition) is 1. The molecule has 37 heavy (non-hydrogen) atoms. The largest absolute Gasteiger partial charge is 0.321 e. The second kappa shape index (κ2) is 11.3. The molecule has 3 aromatic carbocycles. The summed E-state index contributed by atoms with van der Waals surface area (Å²) < 4.78 is 0. The van der Waals surface area contributed by atoms with Crippen LogP contribution in [0.1, 0.15) is 43.2 Å². The van der Waals surface area contributed by atoms with Crippen LogP contribution in [0.2, 0.25) is 0 Å². The second-order valence-corrected chi connectivity index (χ2v) is 10.1. The SMILES string of the molecule is Cc1cc(C)c(NC(=O)c2sc(N(C(=O)Cc3ccccc3)C(=O)Cc3ccccc3)nc2C)c(C)c1. The number of rotatable bonds is 7. The van der Waals surface area contributed by atoms with E-state index in [4.69, 9.17) is 0 Å². The highest BCUT2D eigenvalue weighted by molar-refractivity contribution is 7.18. The number of nitrogens with zero attached hydrogens (tertiary/aromatic N) is 2. The van der Waals surface area contributed by atoms with Gasteiger partial charge in [0.05, 0.1) is 18.5 Å². The van der Waals surface area contributed by atoms with Crippen LogP contribution in [0.25, 0.3) is 0 Å². The lowest BCUT2D eigenvalue weighted by Gasteiger charge is -2.18. The average Bonchev–Trinajstić information content (AvgIpc) is 3.23. The number of benzene rings is 3. The fourth-order valence-electron chi connectivity index (χ4n) is 4.29. The molecule has 188 valence electrons. The molecule has 6 nitrogen and oxygen atoms in total. The van der Waals surface area contributed by atoms with E-state index in [9.17, 15) is 14.4 Å². The molecule has 0 bridgehead atoms. The van der Waals surface area contributed by atoms with Gasteiger partial charge in [0.25, 0.3) is 5.91 Å². The van der Waals surface area contributed by atoms with Gasteiger partial charge in [-0.05, 0) is 49.9 Å². The highest BCUT2D eigenvalue weighted by atomic mass is 32.1. The second-order valence-electron chi connectivity index (χ2n) is 9.09. The van der Waals surface area contributed by atoms with Gasteiger partial charge in [-0.15, -0.1) is 0 Å². The number of aromatic nitrogens is 1. The molecule has 4 rings (SSSR count). The van der Waals surface area contributed by atoms with Crippen molar-refractivity contribution in [2.24, 2.45) is 0 Å². The van der Waals surface area contributed by atoms with Crippen LogP contribution in [0.15, 0.2) is 72.8 Å². The summed E-state index contributed by atoms with van der Waals surface area (Å²) in [7, 11) is 0. The Labute approximate surface area is 221 Å². The van der Waals surface area contributed by atoms with Crippen molar-refractivity contribution in [2.45, 2.75) is 40.5 Å². The maximum atomic E-state index is 13.4. The summed E-state index contributed by atoms with van der Waals surface area (Å²) in [5.41, 5.74) is 5.85. The Morgan fingerprint density at radius 3 is 1.76 bits per heavy atom. The normalized spacial score (nSPS) is 10.7. The molecule has 0 saturated heterocycles. The monoisotopic (exact) mass is 511 g/mol. The molecule has 0 aliphatic heterocycles.